The molecule has 0 aliphatic rings. The van der Waals surface area contributed by atoms with E-state index in [0.717, 1.165) is 11.3 Å². The molecule has 1 amide bonds. The fourth-order valence-electron chi connectivity index (χ4n) is 2.96. The van der Waals surface area contributed by atoms with E-state index in [2.05, 4.69) is 5.32 Å². The maximum Gasteiger partial charge on any atom is 0.347 e. The molecule has 184 valence electrons. The number of thiophene rings is 1. The standard InChI is InChI=1S/C24H20Cl3NO6S/c1-3-32-24(31)21-16(15-6-4-5-7-17(15)26)12-35-22(21)28-20(29)11-33-23(30)13(2)34-19-9-8-14(25)10-18(19)27/h4-10,12-13H,3,11H2,1-2H3,(H,28,29). The number of anilines is 1. The molecular weight excluding hydrogens is 537 g/mol. The first-order valence-electron chi connectivity index (χ1n) is 10.3. The Labute approximate surface area is 220 Å². The molecule has 11 heteroatoms. The van der Waals surface area contributed by atoms with Gasteiger partial charge in [0.25, 0.3) is 5.91 Å². The zero-order valence-electron chi connectivity index (χ0n) is 18.6. The van der Waals surface area contributed by atoms with E-state index in [1.807, 2.05) is 0 Å². The molecular formula is C24H20Cl3NO6S. The summed E-state index contributed by atoms with van der Waals surface area (Å²) in [6.07, 6.45) is -1.04. The molecule has 0 aliphatic carbocycles. The van der Waals surface area contributed by atoms with Gasteiger partial charge in [-0.15, -0.1) is 11.3 Å². The van der Waals surface area contributed by atoms with E-state index in [1.165, 1.54) is 19.1 Å². The molecule has 35 heavy (non-hydrogen) atoms. The largest absolute Gasteiger partial charge is 0.477 e. The summed E-state index contributed by atoms with van der Waals surface area (Å²) in [5, 5.41) is 5.63. The third kappa shape index (κ3) is 6.89. The summed E-state index contributed by atoms with van der Waals surface area (Å²) in [5.41, 5.74) is 1.30. The Morgan fingerprint density at radius 1 is 1.00 bits per heavy atom. The van der Waals surface area contributed by atoms with Gasteiger partial charge in [0.2, 0.25) is 0 Å². The molecule has 0 aliphatic heterocycles. The number of rotatable bonds is 9. The van der Waals surface area contributed by atoms with Crippen LogP contribution in [0.4, 0.5) is 5.00 Å². The molecule has 3 rings (SSSR count). The molecule has 1 aromatic heterocycles. The molecule has 0 saturated carbocycles. The summed E-state index contributed by atoms with van der Waals surface area (Å²) >= 11 is 19.3. The van der Waals surface area contributed by atoms with Crippen LogP contribution in [-0.2, 0) is 19.1 Å². The van der Waals surface area contributed by atoms with Crippen LogP contribution in [0.5, 0.6) is 5.75 Å². The Balaban J connectivity index is 1.67. The summed E-state index contributed by atoms with van der Waals surface area (Å²) in [6, 6.07) is 11.6. The molecule has 1 atom stereocenters. The molecule has 0 saturated heterocycles. The topological polar surface area (TPSA) is 90.9 Å². The first-order chi connectivity index (χ1) is 16.7. The van der Waals surface area contributed by atoms with Gasteiger partial charge < -0.3 is 19.5 Å². The Morgan fingerprint density at radius 2 is 1.74 bits per heavy atom. The second kappa shape index (κ2) is 12.3. The zero-order valence-corrected chi connectivity index (χ0v) is 21.7. The van der Waals surface area contributed by atoms with Crippen molar-refractivity contribution in [3.8, 4) is 16.9 Å². The summed E-state index contributed by atoms with van der Waals surface area (Å²) in [4.78, 5) is 37.4. The normalized spacial score (nSPS) is 11.5. The number of ether oxygens (including phenoxy) is 3. The van der Waals surface area contributed by atoms with E-state index >= 15 is 0 Å². The number of hydrogen-bond acceptors (Lipinski definition) is 7. The minimum atomic E-state index is -1.04. The Kier molecular flexibility index (Phi) is 9.40. The van der Waals surface area contributed by atoms with Gasteiger partial charge in [-0.25, -0.2) is 9.59 Å². The minimum Gasteiger partial charge on any atom is -0.477 e. The van der Waals surface area contributed by atoms with E-state index in [0.29, 0.717) is 21.2 Å². The zero-order chi connectivity index (χ0) is 25.5. The smallest absolute Gasteiger partial charge is 0.347 e. The summed E-state index contributed by atoms with van der Waals surface area (Å²) in [7, 11) is 0. The quantitative estimate of drug-likeness (QED) is 0.303. The summed E-state index contributed by atoms with van der Waals surface area (Å²) < 4.78 is 15.7. The van der Waals surface area contributed by atoms with Crippen LogP contribution in [0.25, 0.3) is 11.1 Å². The van der Waals surface area contributed by atoms with Crippen molar-refractivity contribution in [1.82, 2.24) is 0 Å². The van der Waals surface area contributed by atoms with Crippen LogP contribution in [-0.4, -0.2) is 37.2 Å². The highest BCUT2D eigenvalue weighted by Crippen LogP contribution is 2.39. The number of halogens is 3. The number of carbonyl (C=O) groups excluding carboxylic acids is 3. The van der Waals surface area contributed by atoms with Gasteiger partial charge >= 0.3 is 11.9 Å². The molecule has 1 N–H and O–H groups in total. The van der Waals surface area contributed by atoms with Gasteiger partial charge in [0.15, 0.2) is 12.7 Å². The fourth-order valence-corrected chi connectivity index (χ4v) is 4.61. The molecule has 1 unspecified atom stereocenters. The molecule has 2 aromatic carbocycles. The van der Waals surface area contributed by atoms with Gasteiger partial charge in [-0.1, -0.05) is 53.0 Å². The van der Waals surface area contributed by atoms with Crippen LogP contribution in [0, 0.1) is 0 Å². The lowest BCUT2D eigenvalue weighted by Crippen LogP contribution is -2.30. The Hall–Kier alpha value is -2.78. The molecule has 0 radical (unpaired) electrons. The maximum atomic E-state index is 12.7. The molecule has 0 spiro atoms. The van der Waals surface area contributed by atoms with E-state index in [9.17, 15) is 14.4 Å². The van der Waals surface area contributed by atoms with Crippen LogP contribution < -0.4 is 10.1 Å². The van der Waals surface area contributed by atoms with Gasteiger partial charge in [-0.05, 0) is 38.1 Å². The van der Waals surface area contributed by atoms with Crippen molar-refractivity contribution in [3.63, 3.8) is 0 Å². The number of esters is 2. The van der Waals surface area contributed by atoms with Crippen molar-refractivity contribution in [2.24, 2.45) is 0 Å². The van der Waals surface area contributed by atoms with E-state index < -0.39 is 30.6 Å². The van der Waals surface area contributed by atoms with Crippen LogP contribution in [0.3, 0.4) is 0 Å². The maximum absolute atomic E-state index is 12.7. The van der Waals surface area contributed by atoms with Gasteiger partial charge in [0.05, 0.1) is 11.6 Å². The summed E-state index contributed by atoms with van der Waals surface area (Å²) in [6.45, 7) is 2.69. The number of hydrogen-bond donors (Lipinski definition) is 1. The average molecular weight is 557 g/mol. The lowest BCUT2D eigenvalue weighted by atomic mass is 10.0. The number of nitrogens with one attached hydrogen (secondary N) is 1. The van der Waals surface area contributed by atoms with E-state index in [4.69, 9.17) is 49.0 Å². The predicted molar refractivity (Wildman–Crippen MR) is 137 cm³/mol. The van der Waals surface area contributed by atoms with Crippen LogP contribution in [0.2, 0.25) is 15.1 Å². The molecule has 7 nitrogen and oxygen atoms in total. The predicted octanol–water partition coefficient (Wildman–Crippen LogP) is 6.50. The minimum absolute atomic E-state index is 0.150. The number of amides is 1. The monoisotopic (exact) mass is 555 g/mol. The van der Waals surface area contributed by atoms with Crippen molar-refractivity contribution in [1.29, 1.82) is 0 Å². The molecule has 1 heterocycles. The van der Waals surface area contributed by atoms with Gasteiger partial charge in [0, 0.05) is 26.6 Å². The highest BCUT2D eigenvalue weighted by molar-refractivity contribution is 7.15. The fraction of sp³-hybridized carbons (Fsp3) is 0.208. The second-order valence-electron chi connectivity index (χ2n) is 7.04. The lowest BCUT2D eigenvalue weighted by molar-refractivity contribution is -0.153. The number of carbonyl (C=O) groups is 3. The van der Waals surface area contributed by atoms with Gasteiger partial charge in [0.1, 0.15) is 16.3 Å². The van der Waals surface area contributed by atoms with Crippen LogP contribution in [0.15, 0.2) is 47.8 Å². The second-order valence-corrected chi connectivity index (χ2v) is 9.18. The Bertz CT molecular complexity index is 1250. The molecule has 3 aromatic rings. The molecule has 0 bridgehead atoms. The van der Waals surface area contributed by atoms with Gasteiger partial charge in [-0.2, -0.15) is 0 Å². The average Bonchev–Trinajstić information content (AvgIpc) is 3.22. The van der Waals surface area contributed by atoms with Crippen molar-refractivity contribution < 1.29 is 28.6 Å². The highest BCUT2D eigenvalue weighted by Gasteiger charge is 2.25. The first-order valence-corrected chi connectivity index (χ1v) is 12.3. The Morgan fingerprint density at radius 3 is 2.43 bits per heavy atom. The van der Waals surface area contributed by atoms with Crippen molar-refractivity contribution >= 4 is 69.0 Å². The van der Waals surface area contributed by atoms with Crippen molar-refractivity contribution in [2.75, 3.05) is 18.5 Å². The highest BCUT2D eigenvalue weighted by atomic mass is 35.5. The van der Waals surface area contributed by atoms with Crippen LogP contribution >= 0.6 is 46.1 Å². The lowest BCUT2D eigenvalue weighted by Gasteiger charge is -2.15. The van der Waals surface area contributed by atoms with Crippen LogP contribution in [0.1, 0.15) is 24.2 Å². The third-order valence-electron chi connectivity index (χ3n) is 4.56. The number of benzene rings is 2. The third-order valence-corrected chi connectivity index (χ3v) is 6.32. The SMILES string of the molecule is CCOC(=O)c1c(-c2ccccc2Cl)csc1NC(=O)COC(=O)C(C)Oc1ccc(Cl)cc1Cl. The van der Waals surface area contributed by atoms with E-state index in [1.54, 1.807) is 42.6 Å². The molecule has 0 fully saturated rings. The van der Waals surface area contributed by atoms with Crippen molar-refractivity contribution in [3.05, 3.63) is 68.5 Å². The first kappa shape index (κ1) is 26.8. The van der Waals surface area contributed by atoms with Gasteiger partial charge in [-0.3, -0.25) is 4.79 Å². The van der Waals surface area contributed by atoms with E-state index in [-0.39, 0.29) is 27.9 Å². The van der Waals surface area contributed by atoms with Crippen molar-refractivity contribution in [2.45, 2.75) is 20.0 Å². The summed E-state index contributed by atoms with van der Waals surface area (Å²) in [5.74, 6) is -1.79.